The van der Waals surface area contributed by atoms with E-state index < -0.39 is 17.3 Å². The van der Waals surface area contributed by atoms with Gasteiger partial charge >= 0.3 is 6.18 Å². The molecule has 0 spiro atoms. The van der Waals surface area contributed by atoms with E-state index in [2.05, 4.69) is 15.5 Å². The van der Waals surface area contributed by atoms with E-state index in [1.807, 2.05) is 6.92 Å². The van der Waals surface area contributed by atoms with E-state index in [9.17, 15) is 18.0 Å². The molecule has 19 heavy (non-hydrogen) atoms. The molecule has 1 aromatic heterocycles. The van der Waals surface area contributed by atoms with E-state index in [0.717, 1.165) is 18.2 Å². The Morgan fingerprint density at radius 1 is 1.53 bits per heavy atom. The highest BCUT2D eigenvalue weighted by Gasteiger charge is 2.38. The van der Waals surface area contributed by atoms with Crippen molar-refractivity contribution in [3.63, 3.8) is 0 Å². The van der Waals surface area contributed by atoms with Crippen molar-refractivity contribution in [2.75, 3.05) is 12.4 Å². The summed E-state index contributed by atoms with van der Waals surface area (Å²) in [5.74, 6) is 3.67. The fourth-order valence-electron chi connectivity index (χ4n) is 1.15. The highest BCUT2D eigenvalue weighted by molar-refractivity contribution is 8.00. The Hall–Kier alpha value is -1.45. The van der Waals surface area contributed by atoms with Gasteiger partial charge in [0.15, 0.2) is 0 Å². The van der Waals surface area contributed by atoms with Crippen LogP contribution in [0.4, 0.5) is 13.2 Å². The number of nitrogens with two attached hydrogens (primary N) is 1. The molecule has 1 heterocycles. The molecule has 0 saturated carbocycles. The van der Waals surface area contributed by atoms with E-state index in [1.54, 1.807) is 6.92 Å². The van der Waals surface area contributed by atoms with Crippen molar-refractivity contribution in [3.8, 4) is 0 Å². The standard InChI is InChI=1S/C9H14F3N5OS/c1-3-4-14-6(18)5(2)19-8-16-15-7(17(8)13)9(10,11)12/h5H,3-4,13H2,1-2H3,(H,14,18)/t5-/m1/s1. The number of carbonyl (C=O) groups excluding carboxylic acids is 1. The lowest BCUT2D eigenvalue weighted by molar-refractivity contribution is -0.146. The van der Waals surface area contributed by atoms with Crippen molar-refractivity contribution in [1.82, 2.24) is 20.2 Å². The minimum absolute atomic E-state index is 0.161. The molecular weight excluding hydrogens is 283 g/mol. The molecule has 0 aliphatic heterocycles. The average molecular weight is 297 g/mol. The number of aromatic nitrogens is 3. The quantitative estimate of drug-likeness (QED) is 0.626. The summed E-state index contributed by atoms with van der Waals surface area (Å²) in [7, 11) is 0. The summed E-state index contributed by atoms with van der Waals surface area (Å²) in [4.78, 5) is 11.6. The van der Waals surface area contributed by atoms with Gasteiger partial charge in [0, 0.05) is 6.54 Å². The second-order valence-electron chi connectivity index (χ2n) is 3.73. The van der Waals surface area contributed by atoms with Gasteiger partial charge in [0.1, 0.15) is 0 Å². The van der Waals surface area contributed by atoms with Gasteiger partial charge in [-0.1, -0.05) is 18.7 Å². The number of alkyl halides is 3. The van der Waals surface area contributed by atoms with Crippen molar-refractivity contribution >= 4 is 17.7 Å². The van der Waals surface area contributed by atoms with Crippen LogP contribution < -0.4 is 11.2 Å². The lowest BCUT2D eigenvalue weighted by Gasteiger charge is -2.11. The van der Waals surface area contributed by atoms with Gasteiger partial charge in [-0.05, 0) is 13.3 Å². The Kier molecular flexibility index (Phi) is 5.04. The summed E-state index contributed by atoms with van der Waals surface area (Å²) in [6, 6.07) is 0. The molecule has 0 unspecified atom stereocenters. The van der Waals surface area contributed by atoms with Gasteiger partial charge in [0.05, 0.1) is 5.25 Å². The first kappa shape index (κ1) is 15.6. The van der Waals surface area contributed by atoms with Gasteiger partial charge in [0.25, 0.3) is 5.82 Å². The van der Waals surface area contributed by atoms with Gasteiger partial charge in [-0.25, -0.2) is 4.68 Å². The summed E-state index contributed by atoms with van der Waals surface area (Å²) in [6.45, 7) is 3.95. The molecule has 0 saturated heterocycles. The Bertz CT molecular complexity index is 448. The Morgan fingerprint density at radius 3 is 2.63 bits per heavy atom. The monoisotopic (exact) mass is 297 g/mol. The largest absolute Gasteiger partial charge is 0.453 e. The molecule has 108 valence electrons. The highest BCUT2D eigenvalue weighted by atomic mass is 32.2. The lowest BCUT2D eigenvalue weighted by atomic mass is 10.4. The van der Waals surface area contributed by atoms with E-state index in [1.165, 1.54) is 0 Å². The van der Waals surface area contributed by atoms with E-state index in [4.69, 9.17) is 5.84 Å². The molecule has 0 fully saturated rings. The number of amides is 1. The van der Waals surface area contributed by atoms with Crippen molar-refractivity contribution < 1.29 is 18.0 Å². The maximum absolute atomic E-state index is 12.4. The smallest absolute Gasteiger partial charge is 0.355 e. The van der Waals surface area contributed by atoms with Crippen LogP contribution >= 0.6 is 11.8 Å². The molecule has 1 aromatic rings. The number of nitrogens with zero attached hydrogens (tertiary/aromatic N) is 3. The fraction of sp³-hybridized carbons (Fsp3) is 0.667. The van der Waals surface area contributed by atoms with Crippen molar-refractivity contribution in [3.05, 3.63) is 5.82 Å². The Morgan fingerprint density at radius 2 is 2.16 bits per heavy atom. The predicted octanol–water partition coefficient (Wildman–Crippen LogP) is 1.02. The van der Waals surface area contributed by atoms with Gasteiger partial charge in [0.2, 0.25) is 11.1 Å². The van der Waals surface area contributed by atoms with Crippen LogP contribution in [0.5, 0.6) is 0 Å². The summed E-state index contributed by atoms with van der Waals surface area (Å²) in [5, 5.41) is 8.16. The molecule has 0 aliphatic carbocycles. The summed E-state index contributed by atoms with van der Waals surface area (Å²) in [6.07, 6.45) is -3.90. The maximum Gasteiger partial charge on any atom is 0.453 e. The summed E-state index contributed by atoms with van der Waals surface area (Å²) >= 11 is 0.818. The van der Waals surface area contributed by atoms with Crippen LogP contribution in [0.3, 0.4) is 0 Å². The van der Waals surface area contributed by atoms with Crippen molar-refractivity contribution in [2.24, 2.45) is 0 Å². The van der Waals surface area contributed by atoms with Gasteiger partial charge in [-0.2, -0.15) is 13.2 Å². The number of halogens is 3. The number of rotatable bonds is 5. The Labute approximate surface area is 111 Å². The fourth-order valence-corrected chi connectivity index (χ4v) is 1.95. The first-order valence-electron chi connectivity index (χ1n) is 5.49. The van der Waals surface area contributed by atoms with Crippen LogP contribution in [0.15, 0.2) is 5.16 Å². The molecule has 0 bridgehead atoms. The van der Waals surface area contributed by atoms with Crippen LogP contribution in [0.2, 0.25) is 0 Å². The van der Waals surface area contributed by atoms with Crippen LogP contribution in [-0.4, -0.2) is 32.6 Å². The van der Waals surface area contributed by atoms with Crippen LogP contribution in [-0.2, 0) is 11.0 Å². The Balaban J connectivity index is 2.73. The molecule has 0 radical (unpaired) electrons. The zero-order valence-electron chi connectivity index (χ0n) is 10.4. The lowest BCUT2D eigenvalue weighted by Crippen LogP contribution is -2.32. The van der Waals surface area contributed by atoms with Crippen LogP contribution in [0.1, 0.15) is 26.1 Å². The third-order valence-electron chi connectivity index (χ3n) is 2.12. The van der Waals surface area contributed by atoms with Crippen LogP contribution in [0, 0.1) is 0 Å². The zero-order chi connectivity index (χ0) is 14.6. The second kappa shape index (κ2) is 6.13. The molecule has 1 atom stereocenters. The topological polar surface area (TPSA) is 85.8 Å². The molecule has 10 heteroatoms. The minimum atomic E-state index is -4.67. The molecule has 0 aliphatic rings. The van der Waals surface area contributed by atoms with E-state index in [0.29, 0.717) is 11.2 Å². The first-order chi connectivity index (χ1) is 8.77. The van der Waals surface area contributed by atoms with Gasteiger partial charge in [-0.3, -0.25) is 4.79 Å². The molecule has 1 amide bonds. The predicted molar refractivity (Wildman–Crippen MR) is 63.8 cm³/mol. The normalized spacial score (nSPS) is 13.3. The summed E-state index contributed by atoms with van der Waals surface area (Å²) < 4.78 is 37.6. The number of thioether (sulfide) groups is 1. The van der Waals surface area contributed by atoms with E-state index in [-0.39, 0.29) is 11.1 Å². The highest BCUT2D eigenvalue weighted by Crippen LogP contribution is 2.29. The first-order valence-corrected chi connectivity index (χ1v) is 6.37. The third-order valence-corrected chi connectivity index (χ3v) is 3.18. The molecule has 6 nitrogen and oxygen atoms in total. The number of hydrogen-bond acceptors (Lipinski definition) is 5. The van der Waals surface area contributed by atoms with Gasteiger partial charge in [-0.15, -0.1) is 10.2 Å². The zero-order valence-corrected chi connectivity index (χ0v) is 11.2. The number of nitrogen functional groups attached to an aromatic ring is 1. The van der Waals surface area contributed by atoms with E-state index >= 15 is 0 Å². The van der Waals surface area contributed by atoms with Crippen molar-refractivity contribution in [2.45, 2.75) is 36.9 Å². The van der Waals surface area contributed by atoms with Crippen LogP contribution in [0.25, 0.3) is 0 Å². The molecule has 1 rings (SSSR count). The molecular formula is C9H14F3N5OS. The summed E-state index contributed by atoms with van der Waals surface area (Å²) in [5.41, 5.74) is 0. The van der Waals surface area contributed by atoms with Crippen molar-refractivity contribution in [1.29, 1.82) is 0 Å². The average Bonchev–Trinajstić information content (AvgIpc) is 2.67. The number of nitrogens with one attached hydrogen (secondary N) is 1. The number of hydrogen-bond donors (Lipinski definition) is 2. The molecule has 0 aromatic carbocycles. The second-order valence-corrected chi connectivity index (χ2v) is 5.03. The maximum atomic E-state index is 12.4. The van der Waals surface area contributed by atoms with Gasteiger partial charge < -0.3 is 11.2 Å². The molecule has 3 N–H and O–H groups in total. The number of carbonyl (C=O) groups is 1. The SMILES string of the molecule is CCCNC(=O)[C@@H](C)Sc1nnc(C(F)(F)F)n1N. The third kappa shape index (κ3) is 4.01. The minimum Gasteiger partial charge on any atom is -0.355 e.